The van der Waals surface area contributed by atoms with Gasteiger partial charge < -0.3 is 5.11 Å². The van der Waals surface area contributed by atoms with Crippen LogP contribution >= 0.6 is 0 Å². The van der Waals surface area contributed by atoms with Crippen LogP contribution in [0.3, 0.4) is 0 Å². The monoisotopic (exact) mass is 172 g/mol. The molecule has 0 aromatic rings. The van der Waals surface area contributed by atoms with Crippen molar-refractivity contribution in [1.29, 1.82) is 0 Å². The van der Waals surface area contributed by atoms with Gasteiger partial charge in [-0.15, -0.1) is 0 Å². The Bertz CT molecular complexity index is 135. The Balaban J connectivity index is 4.07. The molecule has 0 aliphatic rings. The number of hydrogen-bond acceptors (Lipinski definition) is 1. The summed E-state index contributed by atoms with van der Waals surface area (Å²) in [5, 5.41) is 8.70. The second-order valence-corrected chi connectivity index (χ2v) is 3.88. The molecule has 0 heterocycles. The third-order valence-corrected chi connectivity index (χ3v) is 2.29. The summed E-state index contributed by atoms with van der Waals surface area (Å²) in [6, 6.07) is 0. The van der Waals surface area contributed by atoms with Gasteiger partial charge in [0.15, 0.2) is 0 Å². The van der Waals surface area contributed by atoms with Crippen LogP contribution in [-0.4, -0.2) is 11.1 Å². The van der Waals surface area contributed by atoms with Crippen LogP contribution in [0.25, 0.3) is 0 Å². The summed E-state index contributed by atoms with van der Waals surface area (Å²) in [5.74, 6) is -0.667. The molecule has 2 nitrogen and oxygen atoms in total. The molecule has 1 N–H and O–H groups in total. The van der Waals surface area contributed by atoms with Crippen molar-refractivity contribution in [3.8, 4) is 0 Å². The summed E-state index contributed by atoms with van der Waals surface area (Å²) in [6.07, 6.45) is 4.50. The molecule has 0 spiro atoms. The predicted molar refractivity (Wildman–Crippen MR) is 50.2 cm³/mol. The fourth-order valence-electron chi connectivity index (χ4n) is 1.87. The van der Waals surface area contributed by atoms with Crippen molar-refractivity contribution in [2.75, 3.05) is 0 Å². The van der Waals surface area contributed by atoms with E-state index in [-0.39, 0.29) is 5.41 Å². The van der Waals surface area contributed by atoms with Gasteiger partial charge in [-0.3, -0.25) is 4.79 Å². The van der Waals surface area contributed by atoms with Crippen molar-refractivity contribution in [2.45, 2.75) is 52.9 Å². The van der Waals surface area contributed by atoms with Crippen LogP contribution in [0.1, 0.15) is 52.9 Å². The van der Waals surface area contributed by atoms with Gasteiger partial charge in [-0.05, 0) is 18.3 Å². The molecule has 0 atom stereocenters. The highest BCUT2D eigenvalue weighted by atomic mass is 16.4. The Morgan fingerprint density at radius 1 is 1.25 bits per heavy atom. The minimum Gasteiger partial charge on any atom is -0.481 e. The number of carbonyl (C=O) groups is 1. The van der Waals surface area contributed by atoms with E-state index in [9.17, 15) is 4.79 Å². The second kappa shape index (κ2) is 5.18. The van der Waals surface area contributed by atoms with Crippen molar-refractivity contribution < 1.29 is 9.90 Å². The zero-order chi connectivity index (χ0) is 9.61. The van der Waals surface area contributed by atoms with Crippen molar-refractivity contribution in [1.82, 2.24) is 0 Å². The lowest BCUT2D eigenvalue weighted by Crippen LogP contribution is -2.20. The van der Waals surface area contributed by atoms with Gasteiger partial charge in [0.25, 0.3) is 0 Å². The summed E-state index contributed by atoms with van der Waals surface area (Å²) in [4.78, 5) is 10.6. The molecule has 0 aromatic heterocycles. The minimum absolute atomic E-state index is 0.0231. The van der Waals surface area contributed by atoms with E-state index in [2.05, 4.69) is 20.8 Å². The minimum atomic E-state index is -0.667. The Labute approximate surface area is 75.0 Å². The maximum Gasteiger partial charge on any atom is 0.303 e. The number of carboxylic acids is 1. The molecule has 0 saturated heterocycles. The fraction of sp³-hybridized carbons (Fsp3) is 0.900. The van der Waals surface area contributed by atoms with Crippen LogP contribution in [0, 0.1) is 5.41 Å². The van der Waals surface area contributed by atoms with Gasteiger partial charge in [-0.25, -0.2) is 0 Å². The molecule has 0 unspecified atom stereocenters. The van der Waals surface area contributed by atoms with Gasteiger partial charge in [0.2, 0.25) is 0 Å². The first-order chi connectivity index (χ1) is 5.54. The molecule has 0 saturated carbocycles. The molecule has 72 valence electrons. The average molecular weight is 172 g/mol. The highest BCUT2D eigenvalue weighted by Gasteiger charge is 2.25. The molecule has 0 amide bonds. The Kier molecular flexibility index (Phi) is 4.95. The van der Waals surface area contributed by atoms with E-state index >= 15 is 0 Å². The van der Waals surface area contributed by atoms with E-state index < -0.39 is 5.97 Å². The van der Waals surface area contributed by atoms with Gasteiger partial charge in [0, 0.05) is 0 Å². The van der Waals surface area contributed by atoms with Crippen molar-refractivity contribution in [3.05, 3.63) is 0 Å². The summed E-state index contributed by atoms with van der Waals surface area (Å²) >= 11 is 0. The van der Waals surface area contributed by atoms with Crippen LogP contribution in [0.15, 0.2) is 0 Å². The summed E-state index contributed by atoms with van der Waals surface area (Å²) < 4.78 is 0. The molecule has 0 aliphatic carbocycles. The van der Waals surface area contributed by atoms with Crippen molar-refractivity contribution >= 4 is 5.97 Å². The number of hydrogen-bond donors (Lipinski definition) is 1. The van der Waals surface area contributed by atoms with Crippen LogP contribution in [-0.2, 0) is 4.79 Å². The maximum atomic E-state index is 10.6. The van der Waals surface area contributed by atoms with E-state index in [1.54, 1.807) is 0 Å². The zero-order valence-corrected chi connectivity index (χ0v) is 8.39. The van der Waals surface area contributed by atoms with Crippen molar-refractivity contribution in [2.24, 2.45) is 5.41 Å². The first-order valence-corrected chi connectivity index (χ1v) is 4.76. The largest absolute Gasteiger partial charge is 0.481 e. The molecule has 0 aliphatic heterocycles. The van der Waals surface area contributed by atoms with E-state index in [0.29, 0.717) is 6.42 Å². The molecule has 2 heteroatoms. The van der Waals surface area contributed by atoms with Gasteiger partial charge in [-0.2, -0.15) is 0 Å². The molecule has 0 fully saturated rings. The molecular formula is C10H20O2. The standard InChI is InChI=1S/C10H20O2/c1-4-6-10(3,7-5-2)8-9(11)12/h4-8H2,1-3H3,(H,11,12). The van der Waals surface area contributed by atoms with E-state index in [1.807, 2.05) is 0 Å². The molecule has 0 bridgehead atoms. The summed E-state index contributed by atoms with van der Waals surface area (Å²) in [7, 11) is 0. The van der Waals surface area contributed by atoms with Crippen LogP contribution in [0.4, 0.5) is 0 Å². The number of aliphatic carboxylic acids is 1. The SMILES string of the molecule is CCCC(C)(CCC)CC(=O)O. The average Bonchev–Trinajstić information content (AvgIpc) is 1.85. The molecular weight excluding hydrogens is 152 g/mol. The van der Waals surface area contributed by atoms with Gasteiger partial charge >= 0.3 is 5.97 Å². The van der Waals surface area contributed by atoms with Crippen LogP contribution in [0.2, 0.25) is 0 Å². The number of rotatable bonds is 6. The highest BCUT2D eigenvalue weighted by Crippen LogP contribution is 2.32. The predicted octanol–water partition coefficient (Wildman–Crippen LogP) is 3.07. The van der Waals surface area contributed by atoms with E-state index in [1.165, 1.54) is 0 Å². The lowest BCUT2D eigenvalue weighted by atomic mass is 9.78. The van der Waals surface area contributed by atoms with Gasteiger partial charge in [0.05, 0.1) is 6.42 Å². The lowest BCUT2D eigenvalue weighted by molar-refractivity contribution is -0.139. The van der Waals surface area contributed by atoms with E-state index in [0.717, 1.165) is 25.7 Å². The summed E-state index contributed by atoms with van der Waals surface area (Å²) in [5.41, 5.74) is 0.0231. The van der Waals surface area contributed by atoms with E-state index in [4.69, 9.17) is 5.11 Å². The molecule has 0 rings (SSSR count). The smallest absolute Gasteiger partial charge is 0.303 e. The third kappa shape index (κ3) is 4.37. The maximum absolute atomic E-state index is 10.6. The highest BCUT2D eigenvalue weighted by molar-refractivity contribution is 5.67. The molecule has 0 radical (unpaired) electrons. The number of carboxylic acid groups (broad SMARTS) is 1. The topological polar surface area (TPSA) is 37.3 Å². The zero-order valence-electron chi connectivity index (χ0n) is 8.39. The Morgan fingerprint density at radius 3 is 1.92 bits per heavy atom. The molecule has 0 aromatic carbocycles. The first kappa shape index (κ1) is 11.5. The Morgan fingerprint density at radius 2 is 1.67 bits per heavy atom. The van der Waals surface area contributed by atoms with Crippen molar-refractivity contribution in [3.63, 3.8) is 0 Å². The third-order valence-electron chi connectivity index (χ3n) is 2.29. The van der Waals surface area contributed by atoms with Crippen LogP contribution in [0.5, 0.6) is 0 Å². The van der Waals surface area contributed by atoms with Gasteiger partial charge in [0.1, 0.15) is 0 Å². The quantitative estimate of drug-likeness (QED) is 0.668. The van der Waals surface area contributed by atoms with Crippen LogP contribution < -0.4 is 0 Å². The lowest BCUT2D eigenvalue weighted by Gasteiger charge is -2.26. The normalized spacial score (nSPS) is 11.6. The first-order valence-electron chi connectivity index (χ1n) is 4.76. The fourth-order valence-corrected chi connectivity index (χ4v) is 1.87. The van der Waals surface area contributed by atoms with Gasteiger partial charge in [-0.1, -0.05) is 33.6 Å². The molecule has 12 heavy (non-hydrogen) atoms. The Hall–Kier alpha value is -0.530. The summed E-state index contributed by atoms with van der Waals surface area (Å²) in [6.45, 7) is 6.29. The second-order valence-electron chi connectivity index (χ2n) is 3.88.